The zero-order valence-corrected chi connectivity index (χ0v) is 11.3. The van der Waals surface area contributed by atoms with Gasteiger partial charge in [-0.3, -0.25) is 0 Å². The first kappa shape index (κ1) is 12.2. The lowest BCUT2D eigenvalue weighted by Crippen LogP contribution is -2.17. The molecule has 0 heterocycles. The summed E-state index contributed by atoms with van der Waals surface area (Å²) in [5.41, 5.74) is 2.87. The van der Waals surface area contributed by atoms with Gasteiger partial charge < -0.3 is 14.8 Å². The van der Waals surface area contributed by atoms with Crippen LogP contribution < -0.4 is 14.8 Å². The SMILES string of the molecule is CNC1CC(C)(C)c2cc(OC)c(OC)cc21. The molecule has 0 spiro atoms. The Kier molecular flexibility index (Phi) is 3.04. The molecule has 1 aliphatic carbocycles. The highest BCUT2D eigenvalue weighted by Crippen LogP contribution is 2.48. The first-order valence-electron chi connectivity index (χ1n) is 5.97. The van der Waals surface area contributed by atoms with Gasteiger partial charge in [0.25, 0.3) is 0 Å². The molecule has 1 aromatic carbocycles. The Balaban J connectivity index is 2.57. The predicted molar refractivity (Wildman–Crippen MR) is 69.0 cm³/mol. The molecule has 1 N–H and O–H groups in total. The Bertz CT molecular complexity index is 426. The molecule has 17 heavy (non-hydrogen) atoms. The average Bonchev–Trinajstić information content (AvgIpc) is 2.58. The molecule has 94 valence electrons. The van der Waals surface area contributed by atoms with Gasteiger partial charge in [-0.25, -0.2) is 0 Å². The van der Waals surface area contributed by atoms with Crippen molar-refractivity contribution in [1.82, 2.24) is 5.32 Å². The second-order valence-electron chi connectivity index (χ2n) is 5.22. The van der Waals surface area contributed by atoms with E-state index in [1.807, 2.05) is 7.05 Å². The third-order valence-electron chi connectivity index (χ3n) is 3.72. The lowest BCUT2D eigenvalue weighted by Gasteiger charge is -2.20. The molecular formula is C14H21NO2. The van der Waals surface area contributed by atoms with E-state index in [0.717, 1.165) is 17.9 Å². The topological polar surface area (TPSA) is 30.5 Å². The Labute approximate surface area is 103 Å². The number of ether oxygens (including phenoxy) is 2. The van der Waals surface area contributed by atoms with E-state index in [1.54, 1.807) is 14.2 Å². The van der Waals surface area contributed by atoms with Gasteiger partial charge in [0, 0.05) is 6.04 Å². The molecule has 3 heteroatoms. The number of rotatable bonds is 3. The molecular weight excluding hydrogens is 214 g/mol. The van der Waals surface area contributed by atoms with Crippen LogP contribution in [-0.2, 0) is 5.41 Å². The molecule has 2 rings (SSSR count). The van der Waals surface area contributed by atoms with Gasteiger partial charge in [-0.1, -0.05) is 13.8 Å². The van der Waals surface area contributed by atoms with Crippen LogP contribution in [0.5, 0.6) is 11.5 Å². The average molecular weight is 235 g/mol. The van der Waals surface area contributed by atoms with Crippen molar-refractivity contribution in [2.75, 3.05) is 21.3 Å². The monoisotopic (exact) mass is 235 g/mol. The molecule has 0 aromatic heterocycles. The normalized spacial score (nSPS) is 21.1. The highest BCUT2D eigenvalue weighted by molar-refractivity contribution is 5.53. The van der Waals surface area contributed by atoms with E-state index in [0.29, 0.717) is 6.04 Å². The number of benzene rings is 1. The lowest BCUT2D eigenvalue weighted by molar-refractivity contribution is 0.353. The number of fused-ring (bicyclic) bond motifs is 1. The zero-order chi connectivity index (χ0) is 12.6. The molecule has 1 unspecified atom stereocenters. The first-order chi connectivity index (χ1) is 8.03. The van der Waals surface area contributed by atoms with Crippen molar-refractivity contribution in [2.45, 2.75) is 31.7 Å². The summed E-state index contributed by atoms with van der Waals surface area (Å²) in [5, 5.41) is 3.37. The van der Waals surface area contributed by atoms with E-state index in [4.69, 9.17) is 9.47 Å². The zero-order valence-electron chi connectivity index (χ0n) is 11.3. The fourth-order valence-electron chi connectivity index (χ4n) is 2.76. The fourth-order valence-corrected chi connectivity index (χ4v) is 2.76. The Hall–Kier alpha value is -1.22. The number of methoxy groups -OCH3 is 2. The van der Waals surface area contributed by atoms with Gasteiger partial charge in [-0.05, 0) is 42.1 Å². The van der Waals surface area contributed by atoms with Gasteiger partial charge >= 0.3 is 0 Å². The molecule has 0 aliphatic heterocycles. The summed E-state index contributed by atoms with van der Waals surface area (Å²) < 4.78 is 10.7. The van der Waals surface area contributed by atoms with Crippen molar-refractivity contribution in [1.29, 1.82) is 0 Å². The van der Waals surface area contributed by atoms with Crippen molar-refractivity contribution < 1.29 is 9.47 Å². The van der Waals surface area contributed by atoms with Gasteiger partial charge in [0.05, 0.1) is 14.2 Å². The highest BCUT2D eigenvalue weighted by Gasteiger charge is 2.37. The standard InChI is InChI=1S/C14H21NO2/c1-14(2)8-11(15-3)9-6-12(16-4)13(17-5)7-10(9)14/h6-7,11,15H,8H2,1-5H3. The summed E-state index contributed by atoms with van der Waals surface area (Å²) in [4.78, 5) is 0. The van der Waals surface area contributed by atoms with Crippen molar-refractivity contribution in [3.05, 3.63) is 23.3 Å². The van der Waals surface area contributed by atoms with Crippen LogP contribution in [0.1, 0.15) is 37.4 Å². The summed E-state index contributed by atoms with van der Waals surface area (Å²) in [6.45, 7) is 4.55. The van der Waals surface area contributed by atoms with Gasteiger partial charge in [0.2, 0.25) is 0 Å². The van der Waals surface area contributed by atoms with E-state index in [2.05, 4.69) is 31.3 Å². The van der Waals surface area contributed by atoms with Gasteiger partial charge in [-0.2, -0.15) is 0 Å². The second-order valence-corrected chi connectivity index (χ2v) is 5.22. The van der Waals surface area contributed by atoms with Crippen LogP contribution in [0.25, 0.3) is 0 Å². The largest absolute Gasteiger partial charge is 0.493 e. The van der Waals surface area contributed by atoms with Crippen LogP contribution in [0.2, 0.25) is 0 Å². The molecule has 0 saturated carbocycles. The number of hydrogen-bond acceptors (Lipinski definition) is 3. The van der Waals surface area contributed by atoms with E-state index < -0.39 is 0 Å². The molecule has 0 bridgehead atoms. The van der Waals surface area contributed by atoms with E-state index in [1.165, 1.54) is 11.1 Å². The summed E-state index contributed by atoms with van der Waals surface area (Å²) in [5.74, 6) is 1.63. The quantitative estimate of drug-likeness (QED) is 0.873. The van der Waals surface area contributed by atoms with E-state index in [9.17, 15) is 0 Å². The minimum atomic E-state index is 0.183. The maximum atomic E-state index is 5.38. The van der Waals surface area contributed by atoms with Crippen molar-refractivity contribution in [2.24, 2.45) is 0 Å². The molecule has 1 aliphatic rings. The van der Waals surface area contributed by atoms with Crippen LogP contribution in [-0.4, -0.2) is 21.3 Å². The second kappa shape index (κ2) is 4.22. The molecule has 1 atom stereocenters. The number of nitrogens with one attached hydrogen (secondary N) is 1. The van der Waals surface area contributed by atoms with Gasteiger partial charge in [-0.15, -0.1) is 0 Å². The Morgan fingerprint density at radius 1 is 1.18 bits per heavy atom. The van der Waals surface area contributed by atoms with Crippen molar-refractivity contribution in [3.63, 3.8) is 0 Å². The highest BCUT2D eigenvalue weighted by atomic mass is 16.5. The molecule has 0 saturated heterocycles. The maximum absolute atomic E-state index is 5.38. The summed E-state index contributed by atoms with van der Waals surface area (Å²) in [6.07, 6.45) is 1.11. The van der Waals surface area contributed by atoms with Crippen LogP contribution in [0, 0.1) is 0 Å². The predicted octanol–water partition coefficient (Wildman–Crippen LogP) is 2.65. The lowest BCUT2D eigenvalue weighted by atomic mass is 9.86. The van der Waals surface area contributed by atoms with E-state index >= 15 is 0 Å². The summed E-state index contributed by atoms with van der Waals surface area (Å²) in [6, 6.07) is 4.62. The van der Waals surface area contributed by atoms with Gasteiger partial charge in [0.15, 0.2) is 11.5 Å². The van der Waals surface area contributed by atoms with Crippen molar-refractivity contribution in [3.8, 4) is 11.5 Å². The molecule has 1 aromatic rings. The molecule has 0 radical (unpaired) electrons. The molecule has 3 nitrogen and oxygen atoms in total. The Morgan fingerprint density at radius 2 is 1.76 bits per heavy atom. The summed E-state index contributed by atoms with van der Waals surface area (Å²) in [7, 11) is 5.37. The van der Waals surface area contributed by atoms with Crippen LogP contribution >= 0.6 is 0 Å². The molecule has 0 fully saturated rings. The Morgan fingerprint density at radius 3 is 2.29 bits per heavy atom. The minimum absolute atomic E-state index is 0.183. The fraction of sp³-hybridized carbons (Fsp3) is 0.571. The van der Waals surface area contributed by atoms with E-state index in [-0.39, 0.29) is 5.41 Å². The van der Waals surface area contributed by atoms with Crippen LogP contribution in [0.3, 0.4) is 0 Å². The van der Waals surface area contributed by atoms with Crippen LogP contribution in [0.15, 0.2) is 12.1 Å². The minimum Gasteiger partial charge on any atom is -0.493 e. The maximum Gasteiger partial charge on any atom is 0.161 e. The smallest absolute Gasteiger partial charge is 0.161 e. The third-order valence-corrected chi connectivity index (χ3v) is 3.72. The number of hydrogen-bond donors (Lipinski definition) is 1. The first-order valence-corrected chi connectivity index (χ1v) is 5.97. The van der Waals surface area contributed by atoms with Crippen molar-refractivity contribution >= 4 is 0 Å². The third kappa shape index (κ3) is 1.89. The summed E-state index contributed by atoms with van der Waals surface area (Å²) >= 11 is 0. The van der Waals surface area contributed by atoms with Gasteiger partial charge in [0.1, 0.15) is 0 Å². The molecule has 0 amide bonds. The van der Waals surface area contributed by atoms with Crippen LogP contribution in [0.4, 0.5) is 0 Å².